The molecule has 0 bridgehead atoms. The van der Waals surface area contributed by atoms with Crippen molar-refractivity contribution in [2.75, 3.05) is 6.61 Å². The lowest BCUT2D eigenvalue weighted by molar-refractivity contribution is -0.140. The number of hydrogen-bond donors (Lipinski definition) is 3. The van der Waals surface area contributed by atoms with Crippen LogP contribution in [0.1, 0.15) is 29.8 Å². The number of alkyl halides is 2. The van der Waals surface area contributed by atoms with Gasteiger partial charge in [0.05, 0.1) is 18.2 Å². The number of aliphatic hydroxyl groups is 1. The number of carbonyl (C=O) groups excluding carboxylic acids is 3. The predicted octanol–water partition coefficient (Wildman–Crippen LogP) is 0.796. The lowest BCUT2D eigenvalue weighted by atomic mass is 10.1. The molecule has 3 aliphatic rings. The lowest BCUT2D eigenvalue weighted by Crippen LogP contribution is -2.52. The van der Waals surface area contributed by atoms with Crippen LogP contribution in [0.15, 0.2) is 24.3 Å². The third-order valence-corrected chi connectivity index (χ3v) is 7.63. The van der Waals surface area contributed by atoms with Crippen LogP contribution >= 0.6 is 23.2 Å². The van der Waals surface area contributed by atoms with Crippen molar-refractivity contribution >= 4 is 51.8 Å². The zero-order valence-corrected chi connectivity index (χ0v) is 18.6. The molecule has 5 atom stereocenters. The van der Waals surface area contributed by atoms with Crippen molar-refractivity contribution in [2.45, 2.75) is 48.3 Å². The smallest absolute Gasteiger partial charge is 0.269 e. The minimum atomic E-state index is -0.937. The Morgan fingerprint density at radius 3 is 2.66 bits per heavy atom. The summed E-state index contributed by atoms with van der Waals surface area (Å²) in [6.07, 6.45) is 1.93. The molecule has 32 heavy (non-hydrogen) atoms. The van der Waals surface area contributed by atoms with Gasteiger partial charge in [0, 0.05) is 17.3 Å². The number of benzene rings is 1. The second kappa shape index (κ2) is 7.60. The number of primary amides is 1. The molecule has 0 spiro atoms. The summed E-state index contributed by atoms with van der Waals surface area (Å²) in [5.74, 6) is -1.17. The van der Waals surface area contributed by atoms with Gasteiger partial charge in [0.15, 0.2) is 5.69 Å². The Kier molecular flexibility index (Phi) is 5.11. The van der Waals surface area contributed by atoms with Gasteiger partial charge in [0.25, 0.3) is 5.91 Å². The molecule has 1 aliphatic heterocycles. The number of fused-ring (bicyclic) bond motifs is 2. The third kappa shape index (κ3) is 3.62. The number of likely N-dealkylation sites (tertiary alicyclic amines) is 1. The molecule has 4 N–H and O–H groups in total. The van der Waals surface area contributed by atoms with E-state index in [2.05, 4.69) is 10.4 Å². The van der Waals surface area contributed by atoms with Crippen LogP contribution < -0.4 is 11.1 Å². The summed E-state index contributed by atoms with van der Waals surface area (Å²) in [6.45, 7) is -0.389. The molecular formula is C21H23Cl2N5O4. The van der Waals surface area contributed by atoms with Crippen molar-refractivity contribution in [2.24, 2.45) is 17.6 Å². The highest BCUT2D eigenvalue weighted by molar-refractivity contribution is 6.51. The van der Waals surface area contributed by atoms with Gasteiger partial charge in [-0.1, -0.05) is 18.2 Å². The van der Waals surface area contributed by atoms with E-state index < -0.39 is 22.3 Å². The quantitative estimate of drug-likeness (QED) is 0.505. The first-order valence-corrected chi connectivity index (χ1v) is 11.3. The zero-order chi connectivity index (χ0) is 22.8. The Hall–Kier alpha value is -2.36. The lowest BCUT2D eigenvalue weighted by Gasteiger charge is -2.28. The van der Waals surface area contributed by atoms with Gasteiger partial charge in [-0.15, -0.1) is 23.2 Å². The summed E-state index contributed by atoms with van der Waals surface area (Å²) >= 11 is 12.2. The molecule has 2 aromatic rings. The summed E-state index contributed by atoms with van der Waals surface area (Å²) in [6, 6.07) is 5.89. The topological polar surface area (TPSA) is 131 Å². The molecule has 3 fully saturated rings. The number of aromatic nitrogens is 2. The Balaban J connectivity index is 1.34. The molecule has 0 unspecified atom stereocenters. The Morgan fingerprint density at radius 2 is 2.00 bits per heavy atom. The monoisotopic (exact) mass is 479 g/mol. The second-order valence-electron chi connectivity index (χ2n) is 8.87. The first-order chi connectivity index (χ1) is 15.2. The zero-order valence-electron chi connectivity index (χ0n) is 17.1. The van der Waals surface area contributed by atoms with Crippen LogP contribution in [0.2, 0.25) is 0 Å². The number of piperidine rings is 1. The fourth-order valence-electron chi connectivity index (χ4n) is 4.91. The number of nitrogens with zero attached hydrogens (tertiary/aromatic N) is 3. The van der Waals surface area contributed by atoms with Crippen molar-refractivity contribution in [3.8, 4) is 0 Å². The minimum Gasteiger partial charge on any atom is -0.394 e. The number of rotatable bonds is 7. The Labute approximate surface area is 193 Å². The fraction of sp³-hybridized carbons (Fsp3) is 0.524. The van der Waals surface area contributed by atoms with E-state index in [4.69, 9.17) is 28.9 Å². The van der Waals surface area contributed by atoms with Crippen LogP contribution in [-0.4, -0.2) is 66.6 Å². The van der Waals surface area contributed by atoms with E-state index in [1.54, 1.807) is 29.2 Å². The van der Waals surface area contributed by atoms with Gasteiger partial charge in [0.2, 0.25) is 11.8 Å². The molecule has 1 saturated heterocycles. The van der Waals surface area contributed by atoms with Gasteiger partial charge in [-0.3, -0.25) is 19.1 Å². The average Bonchev–Trinajstić information content (AvgIpc) is 3.55. The second-order valence-corrected chi connectivity index (χ2v) is 10.4. The van der Waals surface area contributed by atoms with Crippen molar-refractivity contribution in [3.05, 3.63) is 30.0 Å². The maximum atomic E-state index is 13.3. The first-order valence-electron chi connectivity index (χ1n) is 10.6. The predicted molar refractivity (Wildman–Crippen MR) is 117 cm³/mol. The van der Waals surface area contributed by atoms with Crippen molar-refractivity contribution in [1.82, 2.24) is 20.0 Å². The van der Waals surface area contributed by atoms with Gasteiger partial charge in [-0.2, -0.15) is 5.10 Å². The van der Waals surface area contributed by atoms with E-state index in [9.17, 15) is 19.5 Å². The van der Waals surface area contributed by atoms with Crippen LogP contribution in [0.5, 0.6) is 0 Å². The van der Waals surface area contributed by atoms with Crippen LogP contribution in [0, 0.1) is 11.8 Å². The summed E-state index contributed by atoms with van der Waals surface area (Å²) in [5, 5.41) is 17.3. The van der Waals surface area contributed by atoms with E-state index in [0.717, 1.165) is 6.42 Å². The number of carbonyl (C=O) groups is 3. The number of aliphatic hydroxyl groups excluding tert-OH is 1. The number of nitrogens with two attached hydrogens (primary N) is 1. The fourth-order valence-corrected chi connectivity index (χ4v) is 5.55. The summed E-state index contributed by atoms with van der Waals surface area (Å²) in [4.78, 5) is 39.7. The molecule has 3 amide bonds. The number of amides is 3. The van der Waals surface area contributed by atoms with E-state index in [0.29, 0.717) is 29.7 Å². The highest BCUT2D eigenvalue weighted by Crippen LogP contribution is 2.55. The largest absolute Gasteiger partial charge is 0.394 e. The van der Waals surface area contributed by atoms with E-state index >= 15 is 0 Å². The van der Waals surface area contributed by atoms with Gasteiger partial charge in [0.1, 0.15) is 16.9 Å². The molecule has 2 aliphatic carbocycles. The molecule has 170 valence electrons. The SMILES string of the molecule is NC(=O)c1nn(CC(=O)N2[C@@H]3C[C@@H]3C[C@H]2C(=O)N[C@@H](CO)[C@H]2CC2(Cl)Cl)c2ccccc12. The standard InChI is InChI=1S/C21H23Cl2N5O4/c22-21(23)7-12(21)13(9-29)25-20(32)16-6-10-5-15(10)28(16)17(30)8-27-14-4-2-1-3-11(14)18(26-27)19(24)31/h1-4,10,12-13,15-16,29H,5-9H2,(H2,24,31)(H,25,32)/t10-,12-,13+,15-,16+/m1/s1. The van der Waals surface area contributed by atoms with Gasteiger partial charge in [-0.05, 0) is 31.2 Å². The van der Waals surface area contributed by atoms with Crippen LogP contribution in [0.3, 0.4) is 0 Å². The number of nitrogens with one attached hydrogen (secondary N) is 1. The Bertz CT molecular complexity index is 1120. The van der Waals surface area contributed by atoms with E-state index in [1.807, 2.05) is 0 Å². The van der Waals surface area contributed by atoms with Crippen molar-refractivity contribution in [1.29, 1.82) is 0 Å². The molecule has 9 nitrogen and oxygen atoms in total. The molecule has 1 aromatic heterocycles. The minimum absolute atomic E-state index is 0.0179. The first kappa shape index (κ1) is 21.5. The van der Waals surface area contributed by atoms with Crippen molar-refractivity contribution < 1.29 is 19.5 Å². The number of hydrogen-bond acceptors (Lipinski definition) is 5. The number of para-hydroxylation sites is 1. The molecule has 5 rings (SSSR count). The van der Waals surface area contributed by atoms with Crippen LogP contribution in [-0.2, 0) is 16.1 Å². The highest BCUT2D eigenvalue weighted by atomic mass is 35.5. The van der Waals surface area contributed by atoms with Gasteiger partial charge in [-0.25, -0.2) is 0 Å². The molecule has 0 radical (unpaired) electrons. The van der Waals surface area contributed by atoms with Crippen molar-refractivity contribution in [3.63, 3.8) is 0 Å². The summed E-state index contributed by atoms with van der Waals surface area (Å²) in [5.41, 5.74) is 6.17. The van der Waals surface area contributed by atoms with Gasteiger partial charge >= 0.3 is 0 Å². The average molecular weight is 480 g/mol. The van der Waals surface area contributed by atoms with E-state index in [1.165, 1.54) is 4.68 Å². The van der Waals surface area contributed by atoms with Crippen LogP contribution in [0.4, 0.5) is 0 Å². The Morgan fingerprint density at radius 1 is 1.28 bits per heavy atom. The number of halogens is 2. The highest BCUT2D eigenvalue weighted by Gasteiger charge is 2.58. The summed E-state index contributed by atoms with van der Waals surface area (Å²) < 4.78 is 0.520. The third-order valence-electron chi connectivity index (χ3n) is 6.76. The van der Waals surface area contributed by atoms with E-state index in [-0.39, 0.29) is 42.6 Å². The molecule has 11 heteroatoms. The van der Waals surface area contributed by atoms with Gasteiger partial charge < -0.3 is 21.1 Å². The maximum absolute atomic E-state index is 13.3. The molecule has 2 saturated carbocycles. The molecular weight excluding hydrogens is 457 g/mol. The summed E-state index contributed by atoms with van der Waals surface area (Å²) in [7, 11) is 0. The normalized spacial score (nSPS) is 28.3. The molecule has 1 aromatic carbocycles. The van der Waals surface area contributed by atoms with Crippen LogP contribution in [0.25, 0.3) is 10.9 Å². The molecule has 2 heterocycles. The maximum Gasteiger partial charge on any atom is 0.269 e.